The third-order valence-electron chi connectivity index (χ3n) is 10.5. The summed E-state index contributed by atoms with van der Waals surface area (Å²) in [6.45, 7) is 3.06. The summed E-state index contributed by atoms with van der Waals surface area (Å²) in [6, 6.07) is 29.1. The average Bonchev–Trinajstić information content (AvgIpc) is 4.04. The summed E-state index contributed by atoms with van der Waals surface area (Å²) in [4.78, 5) is 58.4. The zero-order valence-corrected chi connectivity index (χ0v) is 33.8. The molecular weight excluding hydrogens is 803 g/mol. The van der Waals surface area contributed by atoms with E-state index in [0.29, 0.717) is 42.4 Å². The fraction of sp³-hybridized carbons (Fsp3) is 0.174. The normalized spacial score (nSPS) is 12.6. The number of carboxylic acids is 1. The van der Waals surface area contributed by atoms with E-state index in [1.165, 1.54) is 12.3 Å². The number of carboxylic acid groups (broad SMARTS) is 1. The first-order valence-corrected chi connectivity index (χ1v) is 20.1. The van der Waals surface area contributed by atoms with Gasteiger partial charge >= 0.3 is 5.97 Å². The molecule has 1 fully saturated rings. The number of pyridine rings is 2. The van der Waals surface area contributed by atoms with E-state index in [1.54, 1.807) is 70.7 Å². The smallest absolute Gasteiger partial charge is 0.356 e. The van der Waals surface area contributed by atoms with Gasteiger partial charge in [-0.15, -0.1) is 10.2 Å². The van der Waals surface area contributed by atoms with Gasteiger partial charge in [0.1, 0.15) is 0 Å². The lowest BCUT2D eigenvalue weighted by molar-refractivity contribution is 0.0642. The monoisotopic (exact) mass is 843 g/mol. The third kappa shape index (κ3) is 9.90. The number of anilines is 2. The predicted molar refractivity (Wildman–Crippen MR) is 233 cm³/mol. The molecule has 63 heavy (non-hydrogen) atoms. The van der Waals surface area contributed by atoms with Crippen molar-refractivity contribution in [3.63, 3.8) is 0 Å². The van der Waals surface area contributed by atoms with Crippen LogP contribution in [0.2, 0.25) is 0 Å². The Bertz CT molecular complexity index is 2900. The third-order valence-corrected chi connectivity index (χ3v) is 10.5. The highest BCUT2D eigenvalue weighted by Crippen LogP contribution is 2.27. The van der Waals surface area contributed by atoms with E-state index < -0.39 is 11.9 Å². The Kier molecular flexibility index (Phi) is 12.8. The number of hydrogen-bond acceptors (Lipinski definition) is 11. The molecular formula is C46H41N11O6. The molecule has 17 heteroatoms. The molecule has 3 amide bonds. The van der Waals surface area contributed by atoms with Crippen molar-refractivity contribution in [3.05, 3.63) is 168 Å². The second-order valence-electron chi connectivity index (χ2n) is 14.6. The number of nitrogens with zero attached hydrogens (tertiary/aromatic N) is 8. The van der Waals surface area contributed by atoms with Crippen LogP contribution in [0.25, 0.3) is 21.5 Å². The van der Waals surface area contributed by atoms with Gasteiger partial charge < -0.3 is 25.8 Å². The molecule has 0 atom stereocenters. The fourth-order valence-corrected chi connectivity index (χ4v) is 7.39. The lowest BCUT2D eigenvalue weighted by Gasteiger charge is -2.22. The van der Waals surface area contributed by atoms with Gasteiger partial charge in [-0.25, -0.2) is 24.1 Å². The number of aromatic carboxylic acids is 1. The quantitative estimate of drug-likeness (QED) is 0.109. The second kappa shape index (κ2) is 19.5. The predicted octanol–water partition coefficient (Wildman–Crippen LogP) is 6.11. The lowest BCUT2D eigenvalue weighted by Crippen LogP contribution is -2.33. The number of carbonyl (C=O) groups excluding carboxylic acids is 3. The molecule has 8 aromatic rings. The number of rotatable bonds is 12. The van der Waals surface area contributed by atoms with Crippen LogP contribution in [0.15, 0.2) is 134 Å². The van der Waals surface area contributed by atoms with Crippen LogP contribution in [-0.4, -0.2) is 88.5 Å². The molecule has 9 rings (SSSR count). The molecule has 1 saturated heterocycles. The Hall–Kier alpha value is -8.18. The Morgan fingerprint density at radius 2 is 1.08 bits per heavy atom. The van der Waals surface area contributed by atoms with Crippen LogP contribution in [0.4, 0.5) is 11.4 Å². The lowest BCUT2D eigenvalue weighted by atomic mass is 9.99. The minimum Gasteiger partial charge on any atom is -0.476 e. The van der Waals surface area contributed by atoms with Crippen LogP contribution in [0.1, 0.15) is 65.7 Å². The standard InChI is InChI=1S/C26H26N6O3.C20H15N5O3/c33-25(22-8-7-19(17-32-13-12-29-31-32)20-4-1-2-5-21(20)22)30-23-6-3-11-27-24(23)26(34)28-16-18-9-14-35-15-10-18;26-19(23-17-6-3-9-21-18(17)20(27)28)16-8-7-13(12-25-11-10-22-24-25)14-4-1-2-5-15(14)16/h1-8,11-13,18H,9-10,14-17H2,(H,28,34)(H,30,33);1-11H,12H2,(H,23,26)(H,27,28). The van der Waals surface area contributed by atoms with Gasteiger partial charge in [-0.2, -0.15) is 0 Å². The van der Waals surface area contributed by atoms with Crippen LogP contribution in [0.3, 0.4) is 0 Å². The molecule has 1 aliphatic heterocycles. The van der Waals surface area contributed by atoms with E-state index in [0.717, 1.165) is 58.7 Å². The van der Waals surface area contributed by atoms with Gasteiger partial charge in [0.05, 0.1) is 36.9 Å². The van der Waals surface area contributed by atoms with Crippen LogP contribution >= 0.6 is 0 Å². The molecule has 4 N–H and O–H groups in total. The molecule has 1 aliphatic rings. The topological polar surface area (TPSA) is 221 Å². The van der Waals surface area contributed by atoms with E-state index in [1.807, 2.05) is 60.7 Å². The highest BCUT2D eigenvalue weighted by atomic mass is 16.5. The minimum atomic E-state index is -1.20. The molecule has 0 unspecified atom stereocenters. The molecule has 0 aliphatic carbocycles. The van der Waals surface area contributed by atoms with Crippen LogP contribution in [0.5, 0.6) is 0 Å². The summed E-state index contributed by atoms with van der Waals surface area (Å²) >= 11 is 0. The molecule has 0 saturated carbocycles. The molecule has 4 aromatic heterocycles. The molecule has 17 nitrogen and oxygen atoms in total. The molecule has 4 aromatic carbocycles. The number of carbonyl (C=O) groups is 4. The van der Waals surface area contributed by atoms with Crippen molar-refractivity contribution in [2.75, 3.05) is 30.4 Å². The maximum Gasteiger partial charge on any atom is 0.356 e. The fourth-order valence-electron chi connectivity index (χ4n) is 7.39. The molecule has 0 spiro atoms. The van der Waals surface area contributed by atoms with Gasteiger partial charge in [-0.3, -0.25) is 14.4 Å². The second-order valence-corrected chi connectivity index (χ2v) is 14.6. The Morgan fingerprint density at radius 3 is 1.57 bits per heavy atom. The van der Waals surface area contributed by atoms with Gasteiger partial charge in [0, 0.05) is 55.7 Å². The van der Waals surface area contributed by atoms with Crippen LogP contribution < -0.4 is 16.0 Å². The summed E-state index contributed by atoms with van der Waals surface area (Å²) in [5, 5.41) is 36.9. The van der Waals surface area contributed by atoms with E-state index in [4.69, 9.17) is 4.74 Å². The number of amides is 3. The van der Waals surface area contributed by atoms with Gasteiger partial charge in [0.15, 0.2) is 11.4 Å². The van der Waals surface area contributed by atoms with Crippen LogP contribution in [-0.2, 0) is 17.8 Å². The van der Waals surface area contributed by atoms with Crippen molar-refractivity contribution >= 4 is 56.6 Å². The largest absolute Gasteiger partial charge is 0.476 e. The number of nitrogens with one attached hydrogen (secondary N) is 3. The Morgan fingerprint density at radius 1 is 0.587 bits per heavy atom. The number of ether oxygens (including phenoxy) is 1. The summed E-state index contributed by atoms with van der Waals surface area (Å²) < 4.78 is 8.82. The maximum atomic E-state index is 13.3. The molecule has 0 radical (unpaired) electrons. The zero-order valence-electron chi connectivity index (χ0n) is 33.8. The number of fused-ring (bicyclic) bond motifs is 2. The number of aromatic nitrogens is 8. The highest BCUT2D eigenvalue weighted by molar-refractivity contribution is 6.16. The summed E-state index contributed by atoms with van der Waals surface area (Å²) in [7, 11) is 0. The minimum absolute atomic E-state index is 0.149. The van der Waals surface area contributed by atoms with E-state index in [9.17, 15) is 24.3 Å². The van der Waals surface area contributed by atoms with Crippen molar-refractivity contribution in [2.24, 2.45) is 5.92 Å². The van der Waals surface area contributed by atoms with E-state index >= 15 is 0 Å². The van der Waals surface area contributed by atoms with Gasteiger partial charge in [-0.1, -0.05) is 71.1 Å². The first kappa shape index (κ1) is 41.5. The van der Waals surface area contributed by atoms with Gasteiger partial charge in [0.2, 0.25) is 0 Å². The Labute approximate surface area is 360 Å². The van der Waals surface area contributed by atoms with Crippen LogP contribution in [0, 0.1) is 5.92 Å². The maximum absolute atomic E-state index is 13.3. The molecule has 316 valence electrons. The summed E-state index contributed by atoms with van der Waals surface area (Å²) in [6.07, 6.45) is 11.6. The number of benzene rings is 4. The summed E-state index contributed by atoms with van der Waals surface area (Å²) in [5.41, 5.74) is 3.48. The van der Waals surface area contributed by atoms with Gasteiger partial charge in [0.25, 0.3) is 17.7 Å². The summed E-state index contributed by atoms with van der Waals surface area (Å²) in [5.74, 6) is -1.83. The van der Waals surface area contributed by atoms with Crippen molar-refractivity contribution in [1.29, 1.82) is 0 Å². The van der Waals surface area contributed by atoms with Crippen molar-refractivity contribution in [3.8, 4) is 0 Å². The zero-order chi connectivity index (χ0) is 43.5. The molecule has 5 heterocycles. The molecule has 0 bridgehead atoms. The first-order chi connectivity index (χ1) is 30.8. The average molecular weight is 844 g/mol. The van der Waals surface area contributed by atoms with E-state index in [2.05, 4.69) is 46.5 Å². The Balaban J connectivity index is 0.000000177. The van der Waals surface area contributed by atoms with Crippen molar-refractivity contribution in [1.82, 2.24) is 45.3 Å². The van der Waals surface area contributed by atoms with Gasteiger partial charge in [-0.05, 0) is 87.8 Å². The first-order valence-electron chi connectivity index (χ1n) is 20.1. The van der Waals surface area contributed by atoms with E-state index in [-0.39, 0.29) is 28.9 Å². The number of hydrogen-bond donors (Lipinski definition) is 4. The van der Waals surface area contributed by atoms with Crippen molar-refractivity contribution < 1.29 is 29.0 Å². The van der Waals surface area contributed by atoms with Crippen molar-refractivity contribution in [2.45, 2.75) is 25.9 Å². The highest BCUT2D eigenvalue weighted by Gasteiger charge is 2.21. The SMILES string of the molecule is O=C(NCC1CCOCC1)c1ncccc1NC(=O)c1ccc(Cn2ccnn2)c2ccccc12.O=C(O)c1ncccc1NC(=O)c1ccc(Cn2ccnn2)c2ccccc12.